The predicted octanol–water partition coefficient (Wildman–Crippen LogP) is 5.17. The Bertz CT molecular complexity index is 541. The summed E-state index contributed by atoms with van der Waals surface area (Å²) in [6.07, 6.45) is -3.38. The standard InChI is InChI=1S/C16H19F5O3/c1-2-10(17)9-22-12-7-8-13(23-11-5-3-4-6-11)15(14(12)18)24-16(19,20)21/h7-8,10-11H,2-6,9H2,1H3. The van der Waals surface area contributed by atoms with Crippen LogP contribution in [-0.4, -0.2) is 25.2 Å². The number of alkyl halides is 4. The lowest BCUT2D eigenvalue weighted by molar-refractivity contribution is -0.276. The lowest BCUT2D eigenvalue weighted by atomic mass is 10.2. The van der Waals surface area contributed by atoms with E-state index in [4.69, 9.17) is 9.47 Å². The zero-order valence-corrected chi connectivity index (χ0v) is 13.2. The quantitative estimate of drug-likeness (QED) is 0.632. The summed E-state index contributed by atoms with van der Waals surface area (Å²) < 4.78 is 79.4. The van der Waals surface area contributed by atoms with Crippen molar-refractivity contribution in [3.05, 3.63) is 17.9 Å². The Kier molecular flexibility index (Phi) is 6.12. The summed E-state index contributed by atoms with van der Waals surface area (Å²) in [5.74, 6) is -3.29. The molecule has 0 saturated heterocycles. The maximum absolute atomic E-state index is 14.3. The topological polar surface area (TPSA) is 27.7 Å². The number of ether oxygens (including phenoxy) is 3. The monoisotopic (exact) mass is 354 g/mol. The highest BCUT2D eigenvalue weighted by molar-refractivity contribution is 5.47. The second kappa shape index (κ2) is 7.90. The maximum Gasteiger partial charge on any atom is 0.573 e. The molecule has 1 unspecified atom stereocenters. The van der Waals surface area contributed by atoms with Crippen molar-refractivity contribution in [3.63, 3.8) is 0 Å². The van der Waals surface area contributed by atoms with Crippen LogP contribution in [0.3, 0.4) is 0 Å². The highest BCUT2D eigenvalue weighted by Crippen LogP contribution is 2.41. The van der Waals surface area contributed by atoms with Gasteiger partial charge in [0.05, 0.1) is 6.10 Å². The third-order valence-corrected chi connectivity index (χ3v) is 3.70. The predicted molar refractivity (Wildman–Crippen MR) is 76.6 cm³/mol. The summed E-state index contributed by atoms with van der Waals surface area (Å²) in [5, 5.41) is 0. The zero-order valence-electron chi connectivity index (χ0n) is 13.2. The lowest BCUT2D eigenvalue weighted by Gasteiger charge is -2.19. The van der Waals surface area contributed by atoms with Crippen molar-refractivity contribution < 1.29 is 36.2 Å². The van der Waals surface area contributed by atoms with Crippen LogP contribution in [0.4, 0.5) is 22.0 Å². The normalized spacial score (nSPS) is 16.9. The molecular formula is C16H19F5O3. The zero-order chi connectivity index (χ0) is 17.7. The molecule has 1 aliphatic carbocycles. The molecule has 8 heteroatoms. The minimum atomic E-state index is -5.08. The van der Waals surface area contributed by atoms with E-state index in [0.29, 0.717) is 12.8 Å². The first-order chi connectivity index (χ1) is 11.3. The molecule has 0 aromatic heterocycles. The Hall–Kier alpha value is -1.73. The first-order valence-electron chi connectivity index (χ1n) is 7.82. The fourth-order valence-corrected chi connectivity index (χ4v) is 2.42. The van der Waals surface area contributed by atoms with Gasteiger partial charge < -0.3 is 14.2 Å². The molecule has 1 aliphatic rings. The van der Waals surface area contributed by atoms with Gasteiger partial charge in [-0.2, -0.15) is 4.39 Å². The van der Waals surface area contributed by atoms with Crippen molar-refractivity contribution in [2.75, 3.05) is 6.61 Å². The van der Waals surface area contributed by atoms with E-state index >= 15 is 0 Å². The average Bonchev–Trinajstić information content (AvgIpc) is 3.01. The number of benzene rings is 1. The second-order valence-electron chi connectivity index (χ2n) is 5.59. The van der Waals surface area contributed by atoms with Gasteiger partial charge >= 0.3 is 6.36 Å². The molecule has 3 nitrogen and oxygen atoms in total. The molecular weight excluding hydrogens is 335 g/mol. The number of halogens is 5. The molecule has 136 valence electrons. The van der Waals surface area contributed by atoms with E-state index in [1.54, 1.807) is 6.92 Å². The molecule has 0 amide bonds. The first-order valence-corrected chi connectivity index (χ1v) is 7.82. The van der Waals surface area contributed by atoms with E-state index in [9.17, 15) is 22.0 Å². The average molecular weight is 354 g/mol. The Morgan fingerprint density at radius 2 is 1.79 bits per heavy atom. The van der Waals surface area contributed by atoms with Crippen molar-refractivity contribution >= 4 is 0 Å². The van der Waals surface area contributed by atoms with Crippen molar-refractivity contribution in [1.82, 2.24) is 0 Å². The van der Waals surface area contributed by atoms with Crippen LogP contribution in [0.15, 0.2) is 12.1 Å². The first kappa shape index (κ1) is 18.6. The van der Waals surface area contributed by atoms with Gasteiger partial charge in [0.25, 0.3) is 0 Å². The molecule has 0 heterocycles. The molecule has 0 radical (unpaired) electrons. The molecule has 0 bridgehead atoms. The van der Waals surface area contributed by atoms with E-state index in [-0.39, 0.29) is 18.3 Å². The minimum Gasteiger partial charge on any atom is -0.487 e. The summed E-state index contributed by atoms with van der Waals surface area (Å²) in [7, 11) is 0. The van der Waals surface area contributed by atoms with Gasteiger partial charge in [-0.05, 0) is 44.2 Å². The molecule has 0 spiro atoms. The van der Waals surface area contributed by atoms with Crippen LogP contribution in [0.25, 0.3) is 0 Å². The minimum absolute atomic E-state index is 0.149. The van der Waals surface area contributed by atoms with Gasteiger partial charge in [-0.1, -0.05) is 6.92 Å². The number of hydrogen-bond acceptors (Lipinski definition) is 3. The van der Waals surface area contributed by atoms with Crippen molar-refractivity contribution in [3.8, 4) is 17.2 Å². The molecule has 1 atom stereocenters. The van der Waals surface area contributed by atoms with E-state index in [1.807, 2.05) is 0 Å². The van der Waals surface area contributed by atoms with E-state index in [2.05, 4.69) is 4.74 Å². The SMILES string of the molecule is CCC(F)COc1ccc(OC2CCCC2)c(OC(F)(F)F)c1F. The Balaban J connectivity index is 2.24. The molecule has 0 N–H and O–H groups in total. The van der Waals surface area contributed by atoms with Crippen molar-refractivity contribution in [2.45, 2.75) is 57.7 Å². The van der Waals surface area contributed by atoms with Crippen LogP contribution < -0.4 is 14.2 Å². The molecule has 1 aromatic carbocycles. The Morgan fingerprint density at radius 3 is 2.38 bits per heavy atom. The number of rotatable bonds is 7. The summed E-state index contributed by atoms with van der Waals surface area (Å²) in [6, 6.07) is 2.27. The van der Waals surface area contributed by atoms with Crippen molar-refractivity contribution in [2.24, 2.45) is 0 Å². The smallest absolute Gasteiger partial charge is 0.487 e. The van der Waals surface area contributed by atoms with E-state index in [0.717, 1.165) is 25.0 Å². The maximum atomic E-state index is 14.3. The van der Waals surface area contributed by atoms with Crippen LogP contribution in [0.5, 0.6) is 17.2 Å². The molecule has 24 heavy (non-hydrogen) atoms. The van der Waals surface area contributed by atoms with Crippen LogP contribution >= 0.6 is 0 Å². The van der Waals surface area contributed by atoms with Gasteiger partial charge in [-0.25, -0.2) is 4.39 Å². The fraction of sp³-hybridized carbons (Fsp3) is 0.625. The molecule has 1 saturated carbocycles. The third-order valence-electron chi connectivity index (χ3n) is 3.70. The van der Waals surface area contributed by atoms with E-state index < -0.39 is 36.5 Å². The van der Waals surface area contributed by atoms with Gasteiger partial charge in [0, 0.05) is 0 Å². The van der Waals surface area contributed by atoms with Crippen LogP contribution in [0.2, 0.25) is 0 Å². The molecule has 1 aromatic rings. The van der Waals surface area contributed by atoms with Crippen LogP contribution in [-0.2, 0) is 0 Å². The highest BCUT2D eigenvalue weighted by atomic mass is 19.4. The summed E-state index contributed by atoms with van der Waals surface area (Å²) >= 11 is 0. The largest absolute Gasteiger partial charge is 0.573 e. The van der Waals surface area contributed by atoms with Gasteiger partial charge in [0.2, 0.25) is 11.6 Å². The van der Waals surface area contributed by atoms with Gasteiger partial charge in [0.15, 0.2) is 11.5 Å². The summed E-state index contributed by atoms with van der Waals surface area (Å²) in [4.78, 5) is 0. The Labute approximate surface area is 136 Å². The van der Waals surface area contributed by atoms with E-state index in [1.165, 1.54) is 0 Å². The highest BCUT2D eigenvalue weighted by Gasteiger charge is 2.35. The third kappa shape index (κ3) is 5.14. The number of hydrogen-bond donors (Lipinski definition) is 0. The molecule has 0 aliphatic heterocycles. The molecule has 1 fully saturated rings. The van der Waals surface area contributed by atoms with Crippen LogP contribution in [0, 0.1) is 5.82 Å². The lowest BCUT2D eigenvalue weighted by Crippen LogP contribution is -2.20. The van der Waals surface area contributed by atoms with Crippen LogP contribution in [0.1, 0.15) is 39.0 Å². The second-order valence-corrected chi connectivity index (χ2v) is 5.59. The Morgan fingerprint density at radius 1 is 1.17 bits per heavy atom. The van der Waals surface area contributed by atoms with Gasteiger partial charge in [0.1, 0.15) is 12.8 Å². The molecule has 2 rings (SSSR count). The summed E-state index contributed by atoms with van der Waals surface area (Å²) in [5.41, 5.74) is 0. The van der Waals surface area contributed by atoms with Gasteiger partial charge in [-0.3, -0.25) is 0 Å². The fourth-order valence-electron chi connectivity index (χ4n) is 2.42. The summed E-state index contributed by atoms with van der Waals surface area (Å²) in [6.45, 7) is 1.11. The van der Waals surface area contributed by atoms with Crippen molar-refractivity contribution in [1.29, 1.82) is 0 Å². The van der Waals surface area contributed by atoms with Gasteiger partial charge in [-0.15, -0.1) is 13.2 Å².